The second kappa shape index (κ2) is 12.2. The Morgan fingerprint density at radius 2 is 1.77 bits per heavy atom. The first-order valence-corrected chi connectivity index (χ1v) is 12.0. The number of rotatable bonds is 13. The Kier molecular flexibility index (Phi) is 9.89. The van der Waals surface area contributed by atoms with Crippen LogP contribution in [0.25, 0.3) is 0 Å². The predicted molar refractivity (Wildman–Crippen MR) is 132 cm³/mol. The number of hydrogen-bond donors (Lipinski definition) is 1. The molecule has 194 valence electrons. The van der Waals surface area contributed by atoms with Crippen molar-refractivity contribution in [2.24, 2.45) is 0 Å². The first-order valence-electron chi connectivity index (χ1n) is 12.0. The molecule has 0 unspecified atom stereocenters. The Morgan fingerprint density at radius 3 is 2.34 bits per heavy atom. The van der Waals surface area contributed by atoms with E-state index in [1.54, 1.807) is 19.9 Å². The van der Waals surface area contributed by atoms with E-state index in [1.807, 2.05) is 45.0 Å². The van der Waals surface area contributed by atoms with Crippen molar-refractivity contribution >= 4 is 17.8 Å². The van der Waals surface area contributed by atoms with Crippen LogP contribution in [0.15, 0.2) is 35.9 Å². The van der Waals surface area contributed by atoms with Crippen molar-refractivity contribution < 1.29 is 33.3 Å². The van der Waals surface area contributed by atoms with Crippen LogP contribution in [0.2, 0.25) is 0 Å². The Labute approximate surface area is 208 Å². The summed E-state index contributed by atoms with van der Waals surface area (Å²) < 4.78 is 22.6. The van der Waals surface area contributed by atoms with E-state index >= 15 is 0 Å². The first-order chi connectivity index (χ1) is 16.3. The van der Waals surface area contributed by atoms with Gasteiger partial charge in [0.05, 0.1) is 5.60 Å². The van der Waals surface area contributed by atoms with E-state index in [0.717, 1.165) is 23.3 Å². The van der Waals surface area contributed by atoms with Crippen molar-refractivity contribution in [2.45, 2.75) is 91.1 Å². The van der Waals surface area contributed by atoms with Gasteiger partial charge in [-0.15, -0.1) is 0 Å². The van der Waals surface area contributed by atoms with Gasteiger partial charge in [0.1, 0.15) is 30.2 Å². The van der Waals surface area contributed by atoms with Crippen LogP contribution in [0, 0.1) is 0 Å². The van der Waals surface area contributed by atoms with E-state index in [2.05, 4.69) is 5.32 Å². The molecule has 1 aromatic rings. The van der Waals surface area contributed by atoms with Gasteiger partial charge in [-0.2, -0.15) is 0 Å². The summed E-state index contributed by atoms with van der Waals surface area (Å²) in [6.07, 6.45) is 2.78. The molecule has 0 aliphatic carbocycles. The molecule has 0 aromatic heterocycles. The maximum Gasteiger partial charge on any atom is 0.303 e. The fraction of sp³-hybridized carbons (Fsp3) is 0.593. The second-order valence-corrected chi connectivity index (χ2v) is 9.97. The minimum absolute atomic E-state index is 0.0773. The highest BCUT2D eigenvalue weighted by atomic mass is 16.6. The van der Waals surface area contributed by atoms with Gasteiger partial charge in [-0.1, -0.05) is 17.7 Å². The van der Waals surface area contributed by atoms with Crippen LogP contribution in [0.4, 0.5) is 0 Å². The molecule has 2 rings (SSSR count). The normalized spacial score (nSPS) is 19.8. The van der Waals surface area contributed by atoms with E-state index in [9.17, 15) is 14.4 Å². The number of carbonyl (C=O) groups is 3. The number of esters is 2. The maximum absolute atomic E-state index is 11.7. The summed E-state index contributed by atoms with van der Waals surface area (Å²) in [7, 11) is 0. The third kappa shape index (κ3) is 9.72. The lowest BCUT2D eigenvalue weighted by atomic mass is 9.92. The molecule has 1 aliphatic rings. The Hall–Kier alpha value is -2.87. The quantitative estimate of drug-likeness (QED) is 0.255. The summed E-state index contributed by atoms with van der Waals surface area (Å²) in [6.45, 7) is 12.9. The molecule has 1 amide bonds. The molecule has 0 bridgehead atoms. The van der Waals surface area contributed by atoms with Gasteiger partial charge in [0.25, 0.3) is 0 Å². The molecular weight excluding hydrogens is 450 g/mol. The molecule has 0 radical (unpaired) electrons. The summed E-state index contributed by atoms with van der Waals surface area (Å²) in [4.78, 5) is 34.7. The van der Waals surface area contributed by atoms with Crippen LogP contribution in [0.1, 0.15) is 66.9 Å². The molecule has 0 spiro atoms. The predicted octanol–water partition coefficient (Wildman–Crippen LogP) is 3.90. The molecule has 3 atom stereocenters. The van der Waals surface area contributed by atoms with Gasteiger partial charge < -0.3 is 24.3 Å². The Balaban J connectivity index is 1.79. The van der Waals surface area contributed by atoms with Crippen LogP contribution in [0.3, 0.4) is 0 Å². The fourth-order valence-corrected chi connectivity index (χ4v) is 3.89. The van der Waals surface area contributed by atoms with Crippen molar-refractivity contribution in [3.05, 3.63) is 41.5 Å². The van der Waals surface area contributed by atoms with Crippen LogP contribution < -0.4 is 10.1 Å². The third-order valence-corrected chi connectivity index (χ3v) is 5.89. The number of hydrogen-bond acceptors (Lipinski definition) is 7. The van der Waals surface area contributed by atoms with Crippen LogP contribution in [-0.2, 0) is 35.0 Å². The molecule has 1 heterocycles. The lowest BCUT2D eigenvalue weighted by Gasteiger charge is -2.33. The molecule has 0 saturated carbocycles. The lowest BCUT2D eigenvalue weighted by molar-refractivity contribution is -0.179. The average molecular weight is 490 g/mol. The zero-order chi connectivity index (χ0) is 26.2. The number of carbonyl (C=O) groups excluding carboxylic acids is 3. The summed E-state index contributed by atoms with van der Waals surface area (Å²) in [5.74, 6) is -0.178. The highest BCUT2D eigenvalue weighted by Crippen LogP contribution is 2.42. The molecule has 1 saturated heterocycles. The van der Waals surface area contributed by atoms with Gasteiger partial charge in [0.2, 0.25) is 5.91 Å². The monoisotopic (exact) mass is 489 g/mol. The van der Waals surface area contributed by atoms with Gasteiger partial charge in [-0.3, -0.25) is 14.4 Å². The number of epoxide rings is 1. The minimum Gasteiger partial charge on any atom is -0.491 e. The summed E-state index contributed by atoms with van der Waals surface area (Å²) in [5, 5.41) is 2.87. The Bertz CT molecular complexity index is 918. The van der Waals surface area contributed by atoms with Crippen molar-refractivity contribution in [3.63, 3.8) is 0 Å². The van der Waals surface area contributed by atoms with E-state index in [0.29, 0.717) is 26.0 Å². The SMILES string of the molecule is CC(=O)O[C@H](CC[C@@]1(C)O[C@@H]1COc1ccc(CCNC(=O)C=C(C)C)cc1)C(C)(C)OC(C)=O. The molecule has 1 fully saturated rings. The van der Waals surface area contributed by atoms with Gasteiger partial charge >= 0.3 is 11.9 Å². The molecular formula is C27H39NO7. The molecule has 35 heavy (non-hydrogen) atoms. The van der Waals surface area contributed by atoms with Gasteiger partial charge in [0, 0.05) is 26.5 Å². The Morgan fingerprint density at radius 1 is 1.11 bits per heavy atom. The number of benzene rings is 1. The lowest BCUT2D eigenvalue weighted by Crippen LogP contribution is -2.43. The van der Waals surface area contributed by atoms with Crippen molar-refractivity contribution in [1.82, 2.24) is 5.32 Å². The van der Waals surface area contributed by atoms with Crippen LogP contribution >= 0.6 is 0 Å². The number of allylic oxidation sites excluding steroid dienone is 1. The zero-order valence-electron chi connectivity index (χ0n) is 21.9. The molecule has 8 nitrogen and oxygen atoms in total. The number of ether oxygens (including phenoxy) is 4. The minimum atomic E-state index is -0.940. The highest BCUT2D eigenvalue weighted by Gasteiger charge is 2.53. The third-order valence-electron chi connectivity index (χ3n) is 5.89. The van der Waals surface area contributed by atoms with E-state index in [4.69, 9.17) is 18.9 Å². The highest BCUT2D eigenvalue weighted by molar-refractivity contribution is 5.88. The standard InChI is InChI=1S/C27H39NO7/c1-18(2)16-25(31)28-15-13-21-8-10-22(11-9-21)32-17-24-27(7,35-24)14-12-23(33-19(3)29)26(5,6)34-20(4)30/h8-11,16,23-24H,12-15,17H2,1-7H3,(H,28,31)/t23-,24-,27-/m1/s1. The van der Waals surface area contributed by atoms with Gasteiger partial charge in [0.15, 0.2) is 0 Å². The second-order valence-electron chi connectivity index (χ2n) is 9.97. The number of nitrogens with one attached hydrogen (secondary N) is 1. The van der Waals surface area contributed by atoms with Gasteiger partial charge in [-0.05, 0) is 71.6 Å². The first kappa shape index (κ1) is 28.4. The van der Waals surface area contributed by atoms with Gasteiger partial charge in [-0.25, -0.2) is 0 Å². The van der Waals surface area contributed by atoms with Crippen molar-refractivity contribution in [2.75, 3.05) is 13.2 Å². The zero-order valence-corrected chi connectivity index (χ0v) is 21.9. The fourth-order valence-electron chi connectivity index (χ4n) is 3.89. The molecule has 1 aromatic carbocycles. The number of amides is 1. The van der Waals surface area contributed by atoms with Crippen LogP contribution in [0.5, 0.6) is 5.75 Å². The average Bonchev–Trinajstić information content (AvgIpc) is 3.38. The summed E-state index contributed by atoms with van der Waals surface area (Å²) >= 11 is 0. The smallest absolute Gasteiger partial charge is 0.303 e. The van der Waals surface area contributed by atoms with E-state index in [1.165, 1.54) is 13.8 Å². The van der Waals surface area contributed by atoms with E-state index in [-0.39, 0.29) is 12.0 Å². The molecule has 1 N–H and O–H groups in total. The van der Waals surface area contributed by atoms with Crippen molar-refractivity contribution in [1.29, 1.82) is 0 Å². The summed E-state index contributed by atoms with van der Waals surface area (Å²) in [5.41, 5.74) is 0.739. The molecule has 1 aliphatic heterocycles. The van der Waals surface area contributed by atoms with E-state index < -0.39 is 29.2 Å². The maximum atomic E-state index is 11.7. The van der Waals surface area contributed by atoms with Crippen LogP contribution in [-0.4, -0.2) is 54.4 Å². The largest absolute Gasteiger partial charge is 0.491 e. The topological polar surface area (TPSA) is 103 Å². The summed E-state index contributed by atoms with van der Waals surface area (Å²) in [6, 6.07) is 7.78. The van der Waals surface area contributed by atoms with Crippen molar-refractivity contribution in [3.8, 4) is 5.75 Å². The molecule has 8 heteroatoms.